The Labute approximate surface area is 271 Å². The second kappa shape index (κ2) is 14.7. The summed E-state index contributed by atoms with van der Waals surface area (Å²) >= 11 is 0. The van der Waals surface area contributed by atoms with Gasteiger partial charge in [-0.2, -0.15) is 0 Å². The van der Waals surface area contributed by atoms with Gasteiger partial charge in [0.25, 0.3) is 15.9 Å². The molecule has 0 saturated heterocycles. The highest BCUT2D eigenvalue weighted by molar-refractivity contribution is 7.92. The SMILES string of the molecule is CCc1ncc(-c2ccc(S(=O)(=O)Nc3cc(F)c(C(=O)N[C@@H](Cc4ccc(N)cc4)C(=O)OC4CCCCC4)cc3F)cc2)cn1. The van der Waals surface area contributed by atoms with Gasteiger partial charge >= 0.3 is 5.97 Å². The van der Waals surface area contributed by atoms with E-state index in [4.69, 9.17) is 10.5 Å². The van der Waals surface area contributed by atoms with Crippen LogP contribution < -0.4 is 15.8 Å². The fraction of sp³-hybridized carbons (Fsp3) is 0.294. The van der Waals surface area contributed by atoms with E-state index >= 15 is 8.78 Å². The molecule has 1 heterocycles. The molecule has 1 fully saturated rings. The summed E-state index contributed by atoms with van der Waals surface area (Å²) in [5, 5.41) is 2.47. The van der Waals surface area contributed by atoms with E-state index in [1.807, 2.05) is 11.6 Å². The van der Waals surface area contributed by atoms with Crippen molar-refractivity contribution in [2.45, 2.75) is 68.9 Å². The van der Waals surface area contributed by atoms with Gasteiger partial charge in [0, 0.05) is 42.6 Å². The predicted molar refractivity (Wildman–Crippen MR) is 173 cm³/mol. The lowest BCUT2D eigenvalue weighted by atomic mass is 9.97. The molecule has 3 aromatic carbocycles. The van der Waals surface area contributed by atoms with Crippen LogP contribution in [0, 0.1) is 11.6 Å². The average molecular weight is 664 g/mol. The summed E-state index contributed by atoms with van der Waals surface area (Å²) in [5.41, 5.74) is 6.88. The van der Waals surface area contributed by atoms with Gasteiger partial charge in [0.05, 0.1) is 16.1 Å². The van der Waals surface area contributed by atoms with E-state index < -0.39 is 50.8 Å². The number of hydrogen-bond donors (Lipinski definition) is 3. The molecule has 47 heavy (non-hydrogen) atoms. The number of esters is 1. The number of carbonyl (C=O) groups excluding carboxylic acids is 2. The second-order valence-corrected chi connectivity index (χ2v) is 13.0. The van der Waals surface area contributed by atoms with Crippen LogP contribution in [-0.4, -0.2) is 42.4 Å². The molecule has 10 nitrogen and oxygen atoms in total. The summed E-state index contributed by atoms with van der Waals surface area (Å²) in [4.78, 5) is 34.6. The molecule has 0 radical (unpaired) electrons. The number of halogens is 2. The van der Waals surface area contributed by atoms with Crippen molar-refractivity contribution < 1.29 is 31.5 Å². The van der Waals surface area contributed by atoms with Gasteiger partial charge in [-0.1, -0.05) is 37.6 Å². The number of anilines is 2. The normalized spacial score (nSPS) is 14.3. The average Bonchev–Trinajstić information content (AvgIpc) is 3.07. The Morgan fingerprint density at radius 3 is 2.23 bits per heavy atom. The number of nitrogens with two attached hydrogens (primary N) is 1. The highest BCUT2D eigenvalue weighted by Gasteiger charge is 2.29. The number of nitrogen functional groups attached to an aromatic ring is 1. The number of hydrogen-bond acceptors (Lipinski definition) is 8. The number of aromatic nitrogens is 2. The zero-order valence-electron chi connectivity index (χ0n) is 25.7. The fourth-order valence-electron chi connectivity index (χ4n) is 5.26. The number of nitrogens with one attached hydrogen (secondary N) is 2. The number of benzene rings is 3. The van der Waals surface area contributed by atoms with E-state index in [-0.39, 0.29) is 17.4 Å². The molecule has 1 aliphatic rings. The van der Waals surface area contributed by atoms with Crippen molar-refractivity contribution in [1.29, 1.82) is 0 Å². The molecule has 13 heteroatoms. The van der Waals surface area contributed by atoms with Crippen LogP contribution in [0.2, 0.25) is 0 Å². The number of sulfonamides is 1. The first-order valence-corrected chi connectivity index (χ1v) is 16.8. The summed E-state index contributed by atoms with van der Waals surface area (Å²) in [6, 6.07) is 12.3. The number of rotatable bonds is 11. The zero-order valence-corrected chi connectivity index (χ0v) is 26.5. The van der Waals surface area contributed by atoms with Crippen molar-refractivity contribution >= 4 is 33.3 Å². The molecule has 0 aliphatic heterocycles. The lowest BCUT2D eigenvalue weighted by Crippen LogP contribution is -2.45. The number of nitrogens with zero attached hydrogens (tertiary/aromatic N) is 2. The van der Waals surface area contributed by atoms with Crippen LogP contribution in [0.1, 0.15) is 60.8 Å². The Balaban J connectivity index is 1.31. The molecule has 5 rings (SSSR count). The number of carbonyl (C=O) groups is 2. The lowest BCUT2D eigenvalue weighted by Gasteiger charge is -2.25. The smallest absolute Gasteiger partial charge is 0.329 e. The van der Waals surface area contributed by atoms with Gasteiger partial charge in [0.2, 0.25) is 0 Å². The van der Waals surface area contributed by atoms with Crippen molar-refractivity contribution in [3.63, 3.8) is 0 Å². The van der Waals surface area contributed by atoms with Gasteiger partial charge in [-0.25, -0.2) is 32.0 Å². The second-order valence-electron chi connectivity index (χ2n) is 11.4. The number of ether oxygens (including phenoxy) is 1. The minimum absolute atomic E-state index is 0.0232. The van der Waals surface area contributed by atoms with Gasteiger partial charge in [0.1, 0.15) is 29.6 Å². The molecule has 1 aromatic heterocycles. The molecular formula is C34H35F2N5O5S. The van der Waals surface area contributed by atoms with Gasteiger partial charge in [0.15, 0.2) is 0 Å². The molecule has 4 aromatic rings. The maximum Gasteiger partial charge on any atom is 0.329 e. The maximum absolute atomic E-state index is 15.2. The molecule has 0 unspecified atom stereocenters. The molecule has 246 valence electrons. The quantitative estimate of drug-likeness (QED) is 0.139. The minimum Gasteiger partial charge on any atom is -0.461 e. The van der Waals surface area contributed by atoms with Gasteiger partial charge < -0.3 is 15.8 Å². The van der Waals surface area contributed by atoms with Gasteiger partial charge in [-0.15, -0.1) is 0 Å². The van der Waals surface area contributed by atoms with Crippen LogP contribution in [0.3, 0.4) is 0 Å². The summed E-state index contributed by atoms with van der Waals surface area (Å²) in [6.45, 7) is 1.93. The van der Waals surface area contributed by atoms with Gasteiger partial charge in [-0.05, 0) is 67.1 Å². The van der Waals surface area contributed by atoms with E-state index in [2.05, 4.69) is 15.3 Å². The summed E-state index contributed by atoms with van der Waals surface area (Å²) in [5.74, 6) is -3.47. The Kier molecular flexibility index (Phi) is 10.4. The summed E-state index contributed by atoms with van der Waals surface area (Å²) in [6.07, 6.45) is 7.96. The van der Waals surface area contributed by atoms with Crippen molar-refractivity contribution in [1.82, 2.24) is 15.3 Å². The third-order valence-corrected chi connectivity index (χ3v) is 9.29. The Morgan fingerprint density at radius 2 is 1.60 bits per heavy atom. The first-order chi connectivity index (χ1) is 22.5. The molecule has 1 amide bonds. The summed E-state index contributed by atoms with van der Waals surface area (Å²) in [7, 11) is -4.34. The highest BCUT2D eigenvalue weighted by atomic mass is 32.2. The molecular weight excluding hydrogens is 628 g/mol. The van der Waals surface area contributed by atoms with Crippen LogP contribution >= 0.6 is 0 Å². The first kappa shape index (κ1) is 33.5. The lowest BCUT2D eigenvalue weighted by molar-refractivity contribution is -0.152. The monoisotopic (exact) mass is 663 g/mol. The van der Waals surface area contributed by atoms with Crippen LogP contribution in [-0.2, 0) is 32.4 Å². The topological polar surface area (TPSA) is 153 Å². The Morgan fingerprint density at radius 1 is 0.936 bits per heavy atom. The van der Waals surface area contributed by atoms with Crippen LogP contribution in [0.5, 0.6) is 0 Å². The van der Waals surface area contributed by atoms with Crippen LogP contribution in [0.25, 0.3) is 11.1 Å². The summed E-state index contributed by atoms with van der Waals surface area (Å²) < 4.78 is 64.2. The molecule has 1 atom stereocenters. The fourth-order valence-corrected chi connectivity index (χ4v) is 6.32. The predicted octanol–water partition coefficient (Wildman–Crippen LogP) is 5.58. The number of aryl methyl sites for hydroxylation is 1. The van der Waals surface area contributed by atoms with Crippen molar-refractivity contribution in [2.75, 3.05) is 10.5 Å². The van der Waals surface area contributed by atoms with E-state index in [0.29, 0.717) is 59.6 Å². The Hall–Kier alpha value is -4.91. The number of amides is 1. The highest BCUT2D eigenvalue weighted by Crippen LogP contribution is 2.26. The molecule has 0 bridgehead atoms. The Bertz CT molecular complexity index is 1830. The molecule has 4 N–H and O–H groups in total. The maximum atomic E-state index is 15.2. The third-order valence-electron chi connectivity index (χ3n) is 7.91. The van der Waals surface area contributed by atoms with E-state index in [1.54, 1.807) is 48.8 Å². The van der Waals surface area contributed by atoms with E-state index in [1.165, 1.54) is 12.1 Å². The van der Waals surface area contributed by atoms with Crippen molar-refractivity contribution in [2.24, 2.45) is 0 Å². The van der Waals surface area contributed by atoms with E-state index in [9.17, 15) is 18.0 Å². The first-order valence-electron chi connectivity index (χ1n) is 15.3. The third kappa shape index (κ3) is 8.47. The largest absolute Gasteiger partial charge is 0.461 e. The van der Waals surface area contributed by atoms with Crippen LogP contribution in [0.15, 0.2) is 78.0 Å². The molecule has 1 saturated carbocycles. The molecule has 0 spiro atoms. The minimum atomic E-state index is -4.34. The van der Waals surface area contributed by atoms with Crippen LogP contribution in [0.4, 0.5) is 20.2 Å². The van der Waals surface area contributed by atoms with Crippen molar-refractivity contribution in [3.05, 3.63) is 102 Å². The zero-order chi connectivity index (χ0) is 33.6. The standard InChI is InChI=1S/C34H35F2N5O5S/c1-2-32-38-19-23(20-39-32)22-10-14-26(15-11-22)47(44,45)41-30-18-28(35)27(17-29(30)36)33(42)40-31(16-21-8-12-24(37)13-9-21)34(43)46-25-6-4-3-5-7-25/h8-15,17-20,25,31,41H,2-7,16,37H2,1H3,(H,40,42)/t31-/m0/s1. The van der Waals surface area contributed by atoms with Crippen molar-refractivity contribution in [3.8, 4) is 11.1 Å². The molecule has 1 aliphatic carbocycles. The van der Waals surface area contributed by atoms with E-state index in [0.717, 1.165) is 19.3 Å². The van der Waals surface area contributed by atoms with Gasteiger partial charge in [-0.3, -0.25) is 9.52 Å².